The second-order valence-electron chi connectivity index (χ2n) is 6.87. The zero-order valence-electron chi connectivity index (χ0n) is 17.1. The van der Waals surface area contributed by atoms with Gasteiger partial charge in [0.15, 0.2) is 6.29 Å². The largest absolute Gasteiger partial charge is 0.390 e. The van der Waals surface area contributed by atoms with Crippen molar-refractivity contribution >= 4 is 0 Å². The summed E-state index contributed by atoms with van der Waals surface area (Å²) in [5.41, 5.74) is 0. The number of aliphatic hydroxyl groups is 1. The first-order chi connectivity index (χ1) is 12.7. The van der Waals surface area contributed by atoms with Crippen LogP contribution in [0, 0.1) is 0 Å². The number of hydrogen-bond donors (Lipinski definition) is 1. The van der Waals surface area contributed by atoms with Gasteiger partial charge < -0.3 is 19.3 Å². The molecule has 0 bridgehead atoms. The first-order valence-corrected chi connectivity index (χ1v) is 10.6. The Kier molecular flexibility index (Phi) is 13.8. The Hall–Kier alpha value is -0.680. The highest BCUT2D eigenvalue weighted by Crippen LogP contribution is 2.32. The summed E-state index contributed by atoms with van der Waals surface area (Å²) in [4.78, 5) is 0. The molecular formula is C22H40O4. The lowest BCUT2D eigenvalue weighted by atomic mass is 10.1. The van der Waals surface area contributed by atoms with E-state index in [-0.39, 0.29) is 18.5 Å². The molecule has 1 rings (SSSR count). The average Bonchev–Trinajstić information content (AvgIpc) is 3.43. The van der Waals surface area contributed by atoms with Gasteiger partial charge in [-0.25, -0.2) is 0 Å². The molecule has 0 aromatic carbocycles. The van der Waals surface area contributed by atoms with Crippen molar-refractivity contribution in [3.63, 3.8) is 0 Å². The Labute approximate surface area is 160 Å². The SMILES string of the molecule is CCCCCCC/C=C/C/C=C/CC[C@@H](O)[C@H]1O[C@H]1C(OCC)OCC. The maximum absolute atomic E-state index is 10.2. The molecule has 0 saturated carbocycles. The predicted octanol–water partition coefficient (Wildman–Crippen LogP) is 5.16. The lowest BCUT2D eigenvalue weighted by molar-refractivity contribution is -0.147. The van der Waals surface area contributed by atoms with Crippen LogP contribution >= 0.6 is 0 Å². The standard InChI is InChI=1S/C22H40O4/c1-4-7-8-9-10-11-12-13-14-15-16-17-18-19(23)20-21(26-20)22(24-5-2)25-6-3/h12-13,15-16,19-23H,4-11,14,17-18H2,1-3H3/b13-12+,16-15+/t19-,20-,21-/m1/s1. The molecule has 0 spiro atoms. The second kappa shape index (κ2) is 15.4. The van der Waals surface area contributed by atoms with Crippen molar-refractivity contribution in [2.45, 2.75) is 103 Å². The van der Waals surface area contributed by atoms with Crippen LogP contribution in [0.15, 0.2) is 24.3 Å². The first kappa shape index (κ1) is 23.4. The van der Waals surface area contributed by atoms with Gasteiger partial charge in [-0.3, -0.25) is 0 Å². The van der Waals surface area contributed by atoms with Gasteiger partial charge in [0.05, 0.1) is 6.10 Å². The lowest BCUT2D eigenvalue weighted by Gasteiger charge is -2.15. The molecule has 26 heavy (non-hydrogen) atoms. The Bertz CT molecular complexity index is 374. The van der Waals surface area contributed by atoms with Crippen molar-refractivity contribution in [3.8, 4) is 0 Å². The topological polar surface area (TPSA) is 51.2 Å². The lowest BCUT2D eigenvalue weighted by Crippen LogP contribution is -2.28. The Morgan fingerprint density at radius 1 is 0.846 bits per heavy atom. The highest BCUT2D eigenvalue weighted by molar-refractivity contribution is 4.96. The summed E-state index contributed by atoms with van der Waals surface area (Å²) in [6.07, 6.45) is 18.2. The molecule has 0 unspecified atom stereocenters. The molecule has 0 aromatic heterocycles. The predicted molar refractivity (Wildman–Crippen MR) is 107 cm³/mol. The minimum absolute atomic E-state index is 0.130. The number of aliphatic hydroxyl groups excluding tert-OH is 1. The minimum atomic E-state index is -0.452. The summed E-state index contributed by atoms with van der Waals surface area (Å²) in [7, 11) is 0. The van der Waals surface area contributed by atoms with Gasteiger partial charge in [0.1, 0.15) is 12.2 Å². The third kappa shape index (κ3) is 10.5. The summed E-state index contributed by atoms with van der Waals surface area (Å²) in [5, 5.41) is 10.2. The number of rotatable bonds is 17. The van der Waals surface area contributed by atoms with Gasteiger partial charge in [-0.05, 0) is 46.0 Å². The van der Waals surface area contributed by atoms with Crippen molar-refractivity contribution in [2.24, 2.45) is 0 Å². The van der Waals surface area contributed by atoms with Gasteiger partial charge in [0.2, 0.25) is 0 Å². The number of epoxide rings is 1. The van der Waals surface area contributed by atoms with E-state index in [1.54, 1.807) is 0 Å². The summed E-state index contributed by atoms with van der Waals surface area (Å²) in [5.74, 6) is 0. The fraction of sp³-hybridized carbons (Fsp3) is 0.818. The molecule has 3 atom stereocenters. The van der Waals surface area contributed by atoms with Crippen molar-refractivity contribution in [3.05, 3.63) is 24.3 Å². The summed E-state index contributed by atoms with van der Waals surface area (Å²) in [6.45, 7) is 7.29. The molecule has 1 aliphatic heterocycles. The normalized spacial score (nSPS) is 21.3. The molecule has 4 nitrogen and oxygen atoms in total. The van der Waals surface area contributed by atoms with E-state index in [0.29, 0.717) is 19.6 Å². The minimum Gasteiger partial charge on any atom is -0.390 e. The molecule has 1 aliphatic rings. The summed E-state index contributed by atoms with van der Waals surface area (Å²) < 4.78 is 16.6. The molecule has 1 heterocycles. The van der Waals surface area contributed by atoms with Crippen LogP contribution in [0.1, 0.15) is 78.6 Å². The molecule has 0 aliphatic carbocycles. The van der Waals surface area contributed by atoms with Crippen molar-refractivity contribution in [2.75, 3.05) is 13.2 Å². The van der Waals surface area contributed by atoms with Crippen LogP contribution in [0.4, 0.5) is 0 Å². The third-order valence-electron chi connectivity index (χ3n) is 4.58. The van der Waals surface area contributed by atoms with Crippen LogP contribution in [-0.4, -0.2) is 42.9 Å². The fourth-order valence-corrected chi connectivity index (χ4v) is 3.03. The molecule has 0 aromatic rings. The van der Waals surface area contributed by atoms with Gasteiger partial charge in [-0.15, -0.1) is 0 Å². The van der Waals surface area contributed by atoms with Crippen LogP contribution in [0.2, 0.25) is 0 Å². The number of unbranched alkanes of at least 4 members (excludes halogenated alkanes) is 5. The number of hydrogen-bond acceptors (Lipinski definition) is 4. The molecule has 0 radical (unpaired) electrons. The highest BCUT2D eigenvalue weighted by Gasteiger charge is 2.50. The first-order valence-electron chi connectivity index (χ1n) is 10.6. The van der Waals surface area contributed by atoms with Crippen molar-refractivity contribution in [1.29, 1.82) is 0 Å². The fourth-order valence-electron chi connectivity index (χ4n) is 3.03. The summed E-state index contributed by atoms with van der Waals surface area (Å²) in [6, 6.07) is 0. The maximum atomic E-state index is 10.2. The Morgan fingerprint density at radius 2 is 1.50 bits per heavy atom. The van der Waals surface area contributed by atoms with Crippen molar-refractivity contribution < 1.29 is 19.3 Å². The monoisotopic (exact) mass is 368 g/mol. The number of ether oxygens (including phenoxy) is 3. The van der Waals surface area contributed by atoms with Crippen LogP contribution in [0.25, 0.3) is 0 Å². The zero-order chi connectivity index (χ0) is 19.0. The smallest absolute Gasteiger partial charge is 0.186 e. The van der Waals surface area contributed by atoms with Gasteiger partial charge in [0, 0.05) is 13.2 Å². The zero-order valence-corrected chi connectivity index (χ0v) is 17.1. The van der Waals surface area contributed by atoms with Crippen LogP contribution in [0.3, 0.4) is 0 Å². The molecule has 0 amide bonds. The van der Waals surface area contributed by atoms with Gasteiger partial charge in [0.25, 0.3) is 0 Å². The average molecular weight is 369 g/mol. The molecule has 1 saturated heterocycles. The molecular weight excluding hydrogens is 328 g/mol. The third-order valence-corrected chi connectivity index (χ3v) is 4.58. The quantitative estimate of drug-likeness (QED) is 0.167. The Balaban J connectivity index is 2.04. The Morgan fingerprint density at radius 3 is 2.15 bits per heavy atom. The highest BCUT2D eigenvalue weighted by atomic mass is 16.7. The molecule has 152 valence electrons. The van der Waals surface area contributed by atoms with Gasteiger partial charge in [-0.2, -0.15) is 0 Å². The van der Waals surface area contributed by atoms with Crippen LogP contribution in [-0.2, 0) is 14.2 Å². The number of allylic oxidation sites excluding steroid dienone is 4. The van der Waals surface area contributed by atoms with E-state index in [2.05, 4.69) is 31.2 Å². The van der Waals surface area contributed by atoms with E-state index in [0.717, 1.165) is 12.8 Å². The van der Waals surface area contributed by atoms with Gasteiger partial charge >= 0.3 is 0 Å². The van der Waals surface area contributed by atoms with Crippen LogP contribution in [0.5, 0.6) is 0 Å². The van der Waals surface area contributed by atoms with Crippen molar-refractivity contribution in [1.82, 2.24) is 0 Å². The van der Waals surface area contributed by atoms with E-state index in [1.807, 2.05) is 13.8 Å². The molecule has 1 fully saturated rings. The van der Waals surface area contributed by atoms with E-state index >= 15 is 0 Å². The second-order valence-corrected chi connectivity index (χ2v) is 6.87. The van der Waals surface area contributed by atoms with Crippen LogP contribution < -0.4 is 0 Å². The van der Waals surface area contributed by atoms with E-state index in [1.165, 1.54) is 38.5 Å². The van der Waals surface area contributed by atoms with E-state index < -0.39 is 6.10 Å². The van der Waals surface area contributed by atoms with Gasteiger partial charge in [-0.1, -0.05) is 56.9 Å². The van der Waals surface area contributed by atoms with E-state index in [4.69, 9.17) is 14.2 Å². The van der Waals surface area contributed by atoms with E-state index in [9.17, 15) is 5.11 Å². The summed E-state index contributed by atoms with van der Waals surface area (Å²) >= 11 is 0. The molecule has 4 heteroatoms. The molecule has 1 N–H and O–H groups in total. The maximum Gasteiger partial charge on any atom is 0.186 e.